The molecule has 0 aliphatic carbocycles. The van der Waals surface area contributed by atoms with Crippen LogP contribution in [0.25, 0.3) is 0 Å². The molecule has 3 aromatic carbocycles. The van der Waals surface area contributed by atoms with Gasteiger partial charge in [0.1, 0.15) is 17.2 Å². The Kier molecular flexibility index (Phi) is 8.34. The number of ether oxygens (including phenoxy) is 3. The van der Waals surface area contributed by atoms with Crippen LogP contribution in [0.4, 0.5) is 36.4 Å². The molecular formula is C25H22F7NO3. The first-order chi connectivity index (χ1) is 16.9. The average Bonchev–Trinajstić information content (AvgIpc) is 2.82. The lowest BCUT2D eigenvalue weighted by Crippen LogP contribution is -2.36. The summed E-state index contributed by atoms with van der Waals surface area (Å²) in [6.45, 7) is 0.793. The Morgan fingerprint density at radius 2 is 1.36 bits per heavy atom. The number of hydrogen-bond donors (Lipinski definition) is 0. The molecule has 0 radical (unpaired) electrons. The van der Waals surface area contributed by atoms with Crippen LogP contribution in [-0.4, -0.2) is 31.9 Å². The van der Waals surface area contributed by atoms with Crippen molar-refractivity contribution in [2.24, 2.45) is 0 Å². The minimum absolute atomic E-state index is 0.0365. The molecule has 0 saturated heterocycles. The van der Waals surface area contributed by atoms with Crippen LogP contribution in [-0.2, 0) is 4.74 Å². The molecule has 0 saturated carbocycles. The van der Waals surface area contributed by atoms with Crippen LogP contribution in [0.5, 0.6) is 17.2 Å². The van der Waals surface area contributed by atoms with Crippen molar-refractivity contribution in [1.29, 1.82) is 0 Å². The minimum Gasteiger partial charge on any atom is -0.457 e. The van der Waals surface area contributed by atoms with Gasteiger partial charge in [-0.3, -0.25) is 0 Å². The highest BCUT2D eigenvalue weighted by Gasteiger charge is 2.44. The number of nitrogens with zero attached hydrogens (tertiary/aromatic N) is 1. The zero-order valence-corrected chi connectivity index (χ0v) is 19.1. The maximum atomic E-state index is 13.4. The largest absolute Gasteiger partial charge is 0.461 e. The summed E-state index contributed by atoms with van der Waals surface area (Å²) >= 11 is 0. The van der Waals surface area contributed by atoms with Gasteiger partial charge in [-0.2, -0.15) is 30.7 Å². The molecule has 0 fully saturated rings. The number of anilines is 1. The SMILES string of the molecule is CC(OC(c1cccc(OC(F)(F)C(F)F)c1)N(C)c1cccc(Oc2ccccc2)c1)C(F)(F)F. The Labute approximate surface area is 202 Å². The highest BCUT2D eigenvalue weighted by atomic mass is 19.4. The van der Waals surface area contributed by atoms with Crippen LogP contribution in [0, 0.1) is 0 Å². The summed E-state index contributed by atoms with van der Waals surface area (Å²) in [5.74, 6) is 0.239. The third kappa shape index (κ3) is 7.03. The molecule has 0 N–H and O–H groups in total. The van der Waals surface area contributed by atoms with Crippen molar-refractivity contribution in [1.82, 2.24) is 0 Å². The zero-order valence-electron chi connectivity index (χ0n) is 19.1. The summed E-state index contributed by atoms with van der Waals surface area (Å²) in [5.41, 5.74) is 0.331. The summed E-state index contributed by atoms with van der Waals surface area (Å²) in [6.07, 6.45) is -17.3. The van der Waals surface area contributed by atoms with Crippen LogP contribution < -0.4 is 14.4 Å². The lowest BCUT2D eigenvalue weighted by atomic mass is 10.1. The van der Waals surface area contributed by atoms with Gasteiger partial charge < -0.3 is 19.1 Å². The molecule has 4 nitrogen and oxygen atoms in total. The monoisotopic (exact) mass is 517 g/mol. The molecular weight excluding hydrogens is 495 g/mol. The van der Waals surface area contributed by atoms with Gasteiger partial charge in [-0.05, 0) is 43.3 Å². The zero-order chi connectivity index (χ0) is 26.5. The molecule has 2 atom stereocenters. The maximum Gasteiger partial charge on any atom is 0.461 e. The summed E-state index contributed by atoms with van der Waals surface area (Å²) < 4.78 is 107. The average molecular weight is 517 g/mol. The normalized spacial score (nSPS) is 13.8. The minimum atomic E-state index is -4.79. The van der Waals surface area contributed by atoms with E-state index in [-0.39, 0.29) is 5.56 Å². The van der Waals surface area contributed by atoms with Crippen molar-refractivity contribution in [2.45, 2.75) is 38.0 Å². The van der Waals surface area contributed by atoms with Crippen LogP contribution in [0.15, 0.2) is 78.9 Å². The van der Waals surface area contributed by atoms with Crippen LogP contribution in [0.2, 0.25) is 0 Å². The maximum absolute atomic E-state index is 13.4. The van der Waals surface area contributed by atoms with Gasteiger partial charge in [-0.15, -0.1) is 0 Å². The summed E-state index contributed by atoms with van der Waals surface area (Å²) in [4.78, 5) is 1.32. The van der Waals surface area contributed by atoms with Gasteiger partial charge in [0.2, 0.25) is 0 Å². The van der Waals surface area contributed by atoms with Gasteiger partial charge in [0.05, 0.1) is 0 Å². The molecule has 0 aliphatic heterocycles. The van der Waals surface area contributed by atoms with E-state index in [1.54, 1.807) is 54.6 Å². The van der Waals surface area contributed by atoms with Crippen molar-refractivity contribution in [3.63, 3.8) is 0 Å². The fourth-order valence-electron chi connectivity index (χ4n) is 3.12. The molecule has 194 valence electrons. The van der Waals surface area contributed by atoms with Gasteiger partial charge in [-0.1, -0.05) is 36.4 Å². The molecule has 0 heterocycles. The molecule has 0 aromatic heterocycles. The molecule has 11 heteroatoms. The molecule has 36 heavy (non-hydrogen) atoms. The van der Waals surface area contributed by atoms with Crippen LogP contribution >= 0.6 is 0 Å². The number of benzene rings is 3. The molecule has 0 spiro atoms. The van der Waals surface area contributed by atoms with E-state index >= 15 is 0 Å². The smallest absolute Gasteiger partial charge is 0.457 e. The summed E-state index contributed by atoms with van der Waals surface area (Å²) in [6, 6.07) is 19.5. The van der Waals surface area contributed by atoms with E-state index in [9.17, 15) is 30.7 Å². The van der Waals surface area contributed by atoms with Gasteiger partial charge >= 0.3 is 18.7 Å². The molecule has 3 rings (SSSR count). The first-order valence-corrected chi connectivity index (χ1v) is 10.6. The predicted molar refractivity (Wildman–Crippen MR) is 119 cm³/mol. The number of rotatable bonds is 10. The van der Waals surface area contributed by atoms with Gasteiger partial charge in [0.15, 0.2) is 12.3 Å². The first kappa shape index (κ1) is 27.1. The van der Waals surface area contributed by atoms with Gasteiger partial charge in [0.25, 0.3) is 0 Å². The van der Waals surface area contributed by atoms with Crippen molar-refractivity contribution >= 4 is 5.69 Å². The Bertz CT molecular complexity index is 1130. The fourth-order valence-corrected chi connectivity index (χ4v) is 3.12. The number of alkyl halides is 7. The van der Waals surface area contributed by atoms with Crippen LogP contribution in [0.3, 0.4) is 0 Å². The summed E-state index contributed by atoms with van der Waals surface area (Å²) in [5, 5.41) is 0. The van der Waals surface area contributed by atoms with Crippen molar-refractivity contribution in [2.75, 3.05) is 11.9 Å². The molecule has 0 amide bonds. The molecule has 2 unspecified atom stereocenters. The fraction of sp³-hybridized carbons (Fsp3) is 0.280. The van der Waals surface area contributed by atoms with Gasteiger partial charge in [-0.25, -0.2) is 0 Å². The second-order valence-electron chi connectivity index (χ2n) is 7.73. The van der Waals surface area contributed by atoms with Gasteiger partial charge in [0, 0.05) is 24.4 Å². The highest BCUT2D eigenvalue weighted by molar-refractivity contribution is 5.52. The third-order valence-corrected chi connectivity index (χ3v) is 5.00. The van der Waals surface area contributed by atoms with E-state index in [4.69, 9.17) is 9.47 Å². The Balaban J connectivity index is 1.94. The second kappa shape index (κ2) is 11.1. The van der Waals surface area contributed by atoms with E-state index in [0.29, 0.717) is 17.2 Å². The third-order valence-electron chi connectivity index (χ3n) is 5.00. The van der Waals surface area contributed by atoms with Crippen molar-refractivity contribution in [3.05, 3.63) is 84.4 Å². The lowest BCUT2D eigenvalue weighted by molar-refractivity contribution is -0.253. The first-order valence-electron chi connectivity index (χ1n) is 10.6. The van der Waals surface area contributed by atoms with Crippen molar-refractivity contribution in [3.8, 4) is 17.2 Å². The summed E-state index contributed by atoms with van der Waals surface area (Å²) in [7, 11) is 1.43. The van der Waals surface area contributed by atoms with E-state index in [0.717, 1.165) is 19.1 Å². The Morgan fingerprint density at radius 3 is 2.00 bits per heavy atom. The van der Waals surface area contributed by atoms with E-state index in [1.807, 2.05) is 0 Å². The number of halogens is 7. The topological polar surface area (TPSA) is 30.9 Å². The standard InChI is InChI=1S/C25H22F7NO3/c1-16(24(28,29)30)34-22(17-8-6-13-21(14-17)36-25(31,32)23(26)27)33(2)18-9-7-12-20(15-18)35-19-10-4-3-5-11-19/h3-16,22-23H,1-2H3. The highest BCUT2D eigenvalue weighted by Crippen LogP contribution is 2.36. The second-order valence-corrected chi connectivity index (χ2v) is 7.73. The van der Waals surface area contributed by atoms with E-state index in [2.05, 4.69) is 4.74 Å². The quantitative estimate of drug-likeness (QED) is 0.203. The number of para-hydroxylation sites is 1. The molecule has 3 aromatic rings. The van der Waals surface area contributed by atoms with E-state index in [1.165, 1.54) is 24.1 Å². The van der Waals surface area contributed by atoms with Crippen molar-refractivity contribution < 1.29 is 44.9 Å². The Morgan fingerprint density at radius 1 is 0.750 bits per heavy atom. The van der Waals surface area contributed by atoms with E-state index < -0.39 is 36.8 Å². The molecule has 0 aliphatic rings. The molecule has 0 bridgehead atoms. The number of hydrogen-bond acceptors (Lipinski definition) is 4. The lowest BCUT2D eigenvalue weighted by Gasteiger charge is -2.33. The van der Waals surface area contributed by atoms with Crippen LogP contribution in [0.1, 0.15) is 18.7 Å². The Hall–Kier alpha value is -3.47. The predicted octanol–water partition coefficient (Wildman–Crippen LogP) is 7.82.